The highest BCUT2D eigenvalue weighted by Gasteiger charge is 2.44. The van der Waals surface area contributed by atoms with Gasteiger partial charge in [-0.1, -0.05) is 30.1 Å². The number of rotatable bonds is 4. The van der Waals surface area contributed by atoms with Crippen LogP contribution in [0.5, 0.6) is 0 Å². The van der Waals surface area contributed by atoms with E-state index in [9.17, 15) is 9.90 Å². The Balaban J connectivity index is 2.17. The topological polar surface area (TPSA) is 40.5 Å². The van der Waals surface area contributed by atoms with Crippen LogP contribution in [0.25, 0.3) is 0 Å². The lowest BCUT2D eigenvalue weighted by molar-refractivity contribution is -0.148. The highest BCUT2D eigenvalue weighted by atomic mass is 35.5. The summed E-state index contributed by atoms with van der Waals surface area (Å²) >= 11 is 13.5. The van der Waals surface area contributed by atoms with Crippen molar-refractivity contribution in [2.75, 3.05) is 13.1 Å². The van der Waals surface area contributed by atoms with Crippen molar-refractivity contribution in [2.45, 2.75) is 32.7 Å². The van der Waals surface area contributed by atoms with Gasteiger partial charge in [0.15, 0.2) is 0 Å². The summed E-state index contributed by atoms with van der Waals surface area (Å²) in [5.74, 6) is -0.695. The molecule has 0 spiro atoms. The van der Waals surface area contributed by atoms with Gasteiger partial charge in [0.1, 0.15) is 0 Å². The van der Waals surface area contributed by atoms with Crippen molar-refractivity contribution >= 4 is 40.5 Å². The Labute approximate surface area is 127 Å². The molecule has 2 atom stereocenters. The molecule has 0 bridgehead atoms. The molecule has 1 aromatic heterocycles. The summed E-state index contributed by atoms with van der Waals surface area (Å²) < 4.78 is 1.37. The number of carboxylic acid groups (broad SMARTS) is 1. The first kappa shape index (κ1) is 15.1. The fourth-order valence-corrected chi connectivity index (χ4v) is 4.32. The van der Waals surface area contributed by atoms with E-state index in [-0.39, 0.29) is 6.04 Å². The zero-order valence-electron chi connectivity index (χ0n) is 10.9. The van der Waals surface area contributed by atoms with Crippen LogP contribution in [0.1, 0.15) is 38.3 Å². The van der Waals surface area contributed by atoms with Gasteiger partial charge in [0.05, 0.1) is 14.1 Å². The fourth-order valence-electron chi connectivity index (χ4n) is 2.68. The van der Waals surface area contributed by atoms with Crippen molar-refractivity contribution in [1.82, 2.24) is 4.90 Å². The molecule has 2 unspecified atom stereocenters. The molecule has 19 heavy (non-hydrogen) atoms. The normalized spacial score (nSPS) is 25.7. The average molecular weight is 322 g/mol. The van der Waals surface area contributed by atoms with Crippen LogP contribution in [-0.4, -0.2) is 29.1 Å². The van der Waals surface area contributed by atoms with E-state index >= 15 is 0 Å². The molecular formula is C13H17Cl2NO2S. The average Bonchev–Trinajstić information content (AvgIpc) is 2.93. The second-order valence-corrected chi connectivity index (χ2v) is 7.40. The van der Waals surface area contributed by atoms with E-state index in [1.807, 2.05) is 13.0 Å². The highest BCUT2D eigenvalue weighted by Crippen LogP contribution is 2.42. The van der Waals surface area contributed by atoms with Crippen molar-refractivity contribution in [1.29, 1.82) is 0 Å². The summed E-state index contributed by atoms with van der Waals surface area (Å²) in [6.07, 6.45) is 1.35. The number of carboxylic acids is 1. The van der Waals surface area contributed by atoms with Gasteiger partial charge in [-0.05, 0) is 32.4 Å². The summed E-state index contributed by atoms with van der Waals surface area (Å²) in [6.45, 7) is 5.35. The van der Waals surface area contributed by atoms with Gasteiger partial charge in [0, 0.05) is 18.2 Å². The van der Waals surface area contributed by atoms with Crippen molar-refractivity contribution in [3.05, 3.63) is 20.3 Å². The van der Waals surface area contributed by atoms with E-state index in [4.69, 9.17) is 23.2 Å². The van der Waals surface area contributed by atoms with Crippen LogP contribution in [0.4, 0.5) is 0 Å². The molecule has 6 heteroatoms. The quantitative estimate of drug-likeness (QED) is 0.898. The van der Waals surface area contributed by atoms with E-state index in [0.717, 1.165) is 12.1 Å². The van der Waals surface area contributed by atoms with Crippen LogP contribution in [0.15, 0.2) is 6.07 Å². The van der Waals surface area contributed by atoms with Gasteiger partial charge < -0.3 is 5.11 Å². The maximum Gasteiger partial charge on any atom is 0.310 e. The first-order valence-electron chi connectivity index (χ1n) is 6.32. The molecule has 1 N–H and O–H groups in total. The predicted octanol–water partition coefficient (Wildman–Crippen LogP) is 4.30. The zero-order valence-corrected chi connectivity index (χ0v) is 13.3. The predicted molar refractivity (Wildman–Crippen MR) is 79.3 cm³/mol. The molecule has 1 saturated heterocycles. The third kappa shape index (κ3) is 2.77. The number of thiophene rings is 1. The van der Waals surface area contributed by atoms with E-state index in [2.05, 4.69) is 11.8 Å². The van der Waals surface area contributed by atoms with E-state index < -0.39 is 11.4 Å². The van der Waals surface area contributed by atoms with Crippen LogP contribution in [0, 0.1) is 5.41 Å². The SMILES string of the molecule is CCC1(C(=O)O)CCN(C(C)c2cc(Cl)sc2Cl)C1. The van der Waals surface area contributed by atoms with Gasteiger partial charge in [-0.3, -0.25) is 9.69 Å². The lowest BCUT2D eigenvalue weighted by atomic mass is 9.84. The lowest BCUT2D eigenvalue weighted by Crippen LogP contribution is -2.34. The van der Waals surface area contributed by atoms with Gasteiger partial charge in [0.25, 0.3) is 0 Å². The number of halogens is 2. The van der Waals surface area contributed by atoms with Crippen LogP contribution < -0.4 is 0 Å². The standard InChI is InChI=1S/C13H17Cl2NO2S/c1-3-13(12(17)18)4-5-16(7-13)8(2)9-6-10(14)19-11(9)15/h6,8H,3-5,7H2,1-2H3,(H,17,18). The van der Waals surface area contributed by atoms with Gasteiger partial charge >= 0.3 is 5.97 Å². The molecule has 1 aliphatic heterocycles. The van der Waals surface area contributed by atoms with Crippen LogP contribution in [-0.2, 0) is 4.79 Å². The largest absolute Gasteiger partial charge is 0.481 e. The Bertz CT molecular complexity index is 491. The van der Waals surface area contributed by atoms with Crippen LogP contribution >= 0.6 is 34.5 Å². The third-order valence-corrected chi connectivity index (χ3v) is 5.71. The molecule has 2 rings (SSSR count). The molecule has 0 radical (unpaired) electrons. The smallest absolute Gasteiger partial charge is 0.310 e. The number of carbonyl (C=O) groups is 1. The number of likely N-dealkylation sites (tertiary alicyclic amines) is 1. The Kier molecular flexibility index (Phi) is 4.45. The molecule has 106 valence electrons. The van der Waals surface area contributed by atoms with Crippen molar-refractivity contribution < 1.29 is 9.90 Å². The minimum Gasteiger partial charge on any atom is -0.481 e. The fraction of sp³-hybridized carbons (Fsp3) is 0.615. The minimum absolute atomic E-state index is 0.101. The third-order valence-electron chi connectivity index (χ3n) is 4.19. The minimum atomic E-state index is -0.695. The Morgan fingerprint density at radius 3 is 2.74 bits per heavy atom. The number of hydrogen-bond acceptors (Lipinski definition) is 3. The molecule has 1 aromatic rings. The monoisotopic (exact) mass is 321 g/mol. The molecule has 0 amide bonds. The molecule has 0 aromatic carbocycles. The molecular weight excluding hydrogens is 305 g/mol. The first-order valence-corrected chi connectivity index (χ1v) is 7.89. The van der Waals surface area contributed by atoms with E-state index in [0.29, 0.717) is 28.1 Å². The summed E-state index contributed by atoms with van der Waals surface area (Å²) in [5.41, 5.74) is 0.384. The maximum atomic E-state index is 11.5. The molecule has 1 fully saturated rings. The second-order valence-electron chi connectivity index (χ2n) is 5.12. The van der Waals surface area contributed by atoms with E-state index in [1.54, 1.807) is 0 Å². The first-order chi connectivity index (χ1) is 8.89. The van der Waals surface area contributed by atoms with Gasteiger partial charge in [-0.2, -0.15) is 0 Å². The lowest BCUT2D eigenvalue weighted by Gasteiger charge is -2.27. The molecule has 0 aliphatic carbocycles. The van der Waals surface area contributed by atoms with Gasteiger partial charge in [0.2, 0.25) is 0 Å². The maximum absolute atomic E-state index is 11.5. The van der Waals surface area contributed by atoms with Crippen molar-refractivity contribution in [3.8, 4) is 0 Å². The number of nitrogens with zero attached hydrogens (tertiary/aromatic N) is 1. The zero-order chi connectivity index (χ0) is 14.2. The van der Waals surface area contributed by atoms with E-state index in [1.165, 1.54) is 11.3 Å². The number of hydrogen-bond donors (Lipinski definition) is 1. The Hall–Kier alpha value is -0.290. The second kappa shape index (κ2) is 5.60. The Morgan fingerprint density at radius 2 is 2.32 bits per heavy atom. The highest BCUT2D eigenvalue weighted by molar-refractivity contribution is 7.20. The van der Waals surface area contributed by atoms with Crippen LogP contribution in [0.3, 0.4) is 0 Å². The summed E-state index contributed by atoms with van der Waals surface area (Å²) in [4.78, 5) is 13.6. The molecule has 2 heterocycles. The van der Waals surface area contributed by atoms with Crippen LogP contribution in [0.2, 0.25) is 8.67 Å². The summed E-state index contributed by atoms with van der Waals surface area (Å²) in [7, 11) is 0. The van der Waals surface area contributed by atoms with Gasteiger partial charge in [-0.15, -0.1) is 11.3 Å². The molecule has 1 aliphatic rings. The van der Waals surface area contributed by atoms with Crippen molar-refractivity contribution in [3.63, 3.8) is 0 Å². The Morgan fingerprint density at radius 1 is 1.63 bits per heavy atom. The molecule has 3 nitrogen and oxygen atoms in total. The van der Waals surface area contributed by atoms with Gasteiger partial charge in [-0.25, -0.2) is 0 Å². The number of aliphatic carboxylic acids is 1. The van der Waals surface area contributed by atoms with Crippen molar-refractivity contribution in [2.24, 2.45) is 5.41 Å². The molecule has 0 saturated carbocycles. The summed E-state index contributed by atoms with van der Waals surface area (Å²) in [6, 6.07) is 1.98. The summed E-state index contributed by atoms with van der Waals surface area (Å²) in [5, 5.41) is 9.42.